The summed E-state index contributed by atoms with van der Waals surface area (Å²) in [4.78, 5) is 0. The van der Waals surface area contributed by atoms with Crippen molar-refractivity contribution in [2.75, 3.05) is 6.54 Å². The summed E-state index contributed by atoms with van der Waals surface area (Å²) in [6.45, 7) is 5.16. The molecule has 0 radical (unpaired) electrons. The van der Waals surface area contributed by atoms with Crippen molar-refractivity contribution in [1.29, 1.82) is 0 Å². The van der Waals surface area contributed by atoms with Crippen molar-refractivity contribution in [3.63, 3.8) is 0 Å². The van der Waals surface area contributed by atoms with E-state index in [1.54, 1.807) is 0 Å². The van der Waals surface area contributed by atoms with Crippen molar-refractivity contribution in [3.05, 3.63) is 11.1 Å². The monoisotopic (exact) mass is 131 g/mol. The molecular formula is C6H13NS. The number of thiol groups is 1. The van der Waals surface area contributed by atoms with E-state index in [9.17, 15) is 0 Å². The Morgan fingerprint density at radius 1 is 1.62 bits per heavy atom. The molecule has 8 heavy (non-hydrogen) atoms. The van der Waals surface area contributed by atoms with E-state index in [1.165, 1.54) is 5.70 Å². The van der Waals surface area contributed by atoms with Crippen LogP contribution in [0.15, 0.2) is 11.1 Å². The molecule has 0 bridgehead atoms. The van der Waals surface area contributed by atoms with E-state index in [1.807, 2.05) is 5.41 Å². The molecule has 0 atom stereocenters. The molecule has 0 rings (SSSR count). The van der Waals surface area contributed by atoms with E-state index in [0.29, 0.717) is 0 Å². The zero-order chi connectivity index (χ0) is 6.41. The fourth-order valence-electron chi connectivity index (χ4n) is 0.489. The largest absolute Gasteiger partial charge is 0.388 e. The first kappa shape index (κ1) is 7.89. The summed E-state index contributed by atoms with van der Waals surface area (Å²) in [5, 5.41) is 4.98. The Morgan fingerprint density at radius 2 is 2.25 bits per heavy atom. The third kappa shape index (κ3) is 2.97. The highest BCUT2D eigenvalue weighted by atomic mass is 32.1. The molecule has 2 heteroatoms. The normalized spacial score (nSPS) is 11.6. The van der Waals surface area contributed by atoms with Gasteiger partial charge in [-0.3, -0.25) is 0 Å². The van der Waals surface area contributed by atoms with Crippen molar-refractivity contribution in [1.82, 2.24) is 5.32 Å². The van der Waals surface area contributed by atoms with Gasteiger partial charge in [-0.05, 0) is 18.8 Å². The van der Waals surface area contributed by atoms with Gasteiger partial charge in [0.05, 0.1) is 0 Å². The van der Waals surface area contributed by atoms with E-state index in [0.717, 1.165) is 13.0 Å². The van der Waals surface area contributed by atoms with Gasteiger partial charge in [0.25, 0.3) is 0 Å². The molecule has 0 spiro atoms. The second kappa shape index (κ2) is 5.04. The van der Waals surface area contributed by atoms with Gasteiger partial charge in [0.15, 0.2) is 0 Å². The second-order valence-electron chi connectivity index (χ2n) is 1.54. The van der Waals surface area contributed by atoms with E-state index in [-0.39, 0.29) is 0 Å². The van der Waals surface area contributed by atoms with Crippen LogP contribution in [0.3, 0.4) is 0 Å². The highest BCUT2D eigenvalue weighted by Crippen LogP contribution is 1.95. The molecule has 0 saturated carbocycles. The topological polar surface area (TPSA) is 12.0 Å². The van der Waals surface area contributed by atoms with Crippen LogP contribution in [0.5, 0.6) is 0 Å². The standard InChI is InChI=1S/C6H13NS/c1-3-6(5-8)7-4-2/h5,7-8H,3-4H2,1-2H3/b6-5-. The van der Waals surface area contributed by atoms with Gasteiger partial charge in [0.1, 0.15) is 0 Å². The first-order valence-electron chi connectivity index (χ1n) is 2.92. The van der Waals surface area contributed by atoms with Crippen molar-refractivity contribution in [2.45, 2.75) is 20.3 Å². The summed E-state index contributed by atoms with van der Waals surface area (Å²) in [6, 6.07) is 0. The van der Waals surface area contributed by atoms with Crippen LogP contribution >= 0.6 is 12.6 Å². The second-order valence-corrected chi connectivity index (χ2v) is 1.80. The van der Waals surface area contributed by atoms with Crippen LogP contribution in [0.4, 0.5) is 0 Å². The average Bonchev–Trinajstić information content (AvgIpc) is 1.83. The molecule has 0 unspecified atom stereocenters. The molecule has 0 aliphatic rings. The molecular weight excluding hydrogens is 118 g/mol. The fraction of sp³-hybridized carbons (Fsp3) is 0.667. The Labute approximate surface area is 56.6 Å². The van der Waals surface area contributed by atoms with Crippen molar-refractivity contribution in [3.8, 4) is 0 Å². The minimum absolute atomic E-state index is 0.986. The van der Waals surface area contributed by atoms with Crippen LogP contribution in [-0.2, 0) is 0 Å². The lowest BCUT2D eigenvalue weighted by Gasteiger charge is -2.02. The van der Waals surface area contributed by atoms with Gasteiger partial charge in [-0.15, -0.1) is 12.6 Å². The predicted molar refractivity (Wildman–Crippen MR) is 41.0 cm³/mol. The van der Waals surface area contributed by atoms with Crippen molar-refractivity contribution >= 4 is 12.6 Å². The van der Waals surface area contributed by atoms with Crippen molar-refractivity contribution < 1.29 is 0 Å². The highest BCUT2D eigenvalue weighted by molar-refractivity contribution is 7.83. The number of hydrogen-bond donors (Lipinski definition) is 2. The molecule has 0 heterocycles. The summed E-state index contributed by atoms with van der Waals surface area (Å²) in [6.07, 6.45) is 1.04. The maximum Gasteiger partial charge on any atom is 0.0165 e. The van der Waals surface area contributed by atoms with E-state index in [2.05, 4.69) is 31.8 Å². The van der Waals surface area contributed by atoms with Crippen LogP contribution < -0.4 is 5.32 Å². The highest BCUT2D eigenvalue weighted by Gasteiger charge is 1.84. The van der Waals surface area contributed by atoms with Crippen LogP contribution in [0.1, 0.15) is 20.3 Å². The van der Waals surface area contributed by atoms with E-state index in [4.69, 9.17) is 0 Å². The van der Waals surface area contributed by atoms with Crippen LogP contribution in [0.2, 0.25) is 0 Å². The third-order valence-corrected chi connectivity index (χ3v) is 1.25. The SMILES string of the molecule is CCN/C(=C\S)CC. The molecule has 1 N–H and O–H groups in total. The van der Waals surface area contributed by atoms with Crippen molar-refractivity contribution in [2.24, 2.45) is 0 Å². The minimum Gasteiger partial charge on any atom is -0.388 e. The molecule has 0 aromatic rings. The Morgan fingerprint density at radius 3 is 2.38 bits per heavy atom. The van der Waals surface area contributed by atoms with Gasteiger partial charge in [-0.25, -0.2) is 0 Å². The number of rotatable bonds is 3. The predicted octanol–water partition coefficient (Wildman–Crippen LogP) is 1.78. The maximum atomic E-state index is 4.01. The van der Waals surface area contributed by atoms with Gasteiger partial charge >= 0.3 is 0 Å². The first-order chi connectivity index (χ1) is 3.85. The van der Waals surface area contributed by atoms with Crippen LogP contribution in [-0.4, -0.2) is 6.54 Å². The van der Waals surface area contributed by atoms with Gasteiger partial charge in [0.2, 0.25) is 0 Å². The molecule has 0 amide bonds. The lowest BCUT2D eigenvalue weighted by atomic mass is 10.4. The van der Waals surface area contributed by atoms with E-state index >= 15 is 0 Å². The van der Waals surface area contributed by atoms with Gasteiger partial charge < -0.3 is 5.32 Å². The lowest BCUT2D eigenvalue weighted by molar-refractivity contribution is 0.810. The first-order valence-corrected chi connectivity index (χ1v) is 3.43. The van der Waals surface area contributed by atoms with Gasteiger partial charge in [-0.2, -0.15) is 0 Å². The summed E-state index contributed by atoms with van der Waals surface area (Å²) < 4.78 is 0. The maximum absolute atomic E-state index is 4.01. The molecule has 48 valence electrons. The molecule has 1 nitrogen and oxygen atoms in total. The molecule has 0 aliphatic heterocycles. The smallest absolute Gasteiger partial charge is 0.0165 e. The number of nitrogens with one attached hydrogen (secondary N) is 1. The Hall–Kier alpha value is -0.110. The number of allylic oxidation sites excluding steroid dienone is 1. The molecule has 0 fully saturated rings. The summed E-state index contributed by atoms with van der Waals surface area (Å²) in [5.41, 5.74) is 1.20. The molecule has 0 aliphatic carbocycles. The van der Waals surface area contributed by atoms with Gasteiger partial charge in [-0.1, -0.05) is 6.92 Å². The lowest BCUT2D eigenvalue weighted by Crippen LogP contribution is -2.10. The fourth-order valence-corrected chi connectivity index (χ4v) is 0.763. The molecule has 0 aromatic carbocycles. The quantitative estimate of drug-likeness (QED) is 0.556. The molecule has 0 saturated heterocycles. The third-order valence-electron chi connectivity index (χ3n) is 0.941. The van der Waals surface area contributed by atoms with E-state index < -0.39 is 0 Å². The number of hydrogen-bond acceptors (Lipinski definition) is 2. The molecule has 0 aromatic heterocycles. The Bertz CT molecular complexity index is 78.6. The zero-order valence-corrected chi connectivity index (χ0v) is 6.33. The minimum atomic E-state index is 0.986. The summed E-state index contributed by atoms with van der Waals surface area (Å²) >= 11 is 4.01. The Kier molecular flexibility index (Phi) is 4.97. The average molecular weight is 131 g/mol. The summed E-state index contributed by atoms with van der Waals surface area (Å²) in [7, 11) is 0. The summed E-state index contributed by atoms with van der Waals surface area (Å²) in [5.74, 6) is 0. The Balaban J connectivity index is 3.38. The zero-order valence-electron chi connectivity index (χ0n) is 5.44. The van der Waals surface area contributed by atoms with Gasteiger partial charge in [0, 0.05) is 12.2 Å². The van der Waals surface area contributed by atoms with Crippen LogP contribution in [0.25, 0.3) is 0 Å². The van der Waals surface area contributed by atoms with Crippen LogP contribution in [0, 0.1) is 0 Å².